The smallest absolute Gasteiger partial charge is 0.256 e. The van der Waals surface area contributed by atoms with E-state index in [9.17, 15) is 4.79 Å². The molecule has 7 nitrogen and oxygen atoms in total. The summed E-state index contributed by atoms with van der Waals surface area (Å²) in [5, 5.41) is 12.8. The molecule has 0 bridgehead atoms. The van der Waals surface area contributed by atoms with Crippen molar-refractivity contribution in [3.05, 3.63) is 87.7 Å². The Kier molecular flexibility index (Phi) is 5.20. The fourth-order valence-corrected chi connectivity index (χ4v) is 3.84. The van der Waals surface area contributed by atoms with Crippen LogP contribution in [-0.2, 0) is 6.54 Å². The molecule has 0 saturated carbocycles. The van der Waals surface area contributed by atoms with E-state index in [0.717, 1.165) is 22.0 Å². The van der Waals surface area contributed by atoms with Crippen LogP contribution in [-0.4, -0.2) is 25.5 Å². The molecule has 0 atom stereocenters. The monoisotopic (exact) mass is 464 g/mol. The van der Waals surface area contributed by atoms with Crippen molar-refractivity contribution in [2.75, 3.05) is 10.6 Å². The second kappa shape index (κ2) is 8.18. The predicted molar refractivity (Wildman–Crippen MR) is 128 cm³/mol. The maximum atomic E-state index is 12.8. The van der Waals surface area contributed by atoms with Crippen LogP contribution in [0.3, 0.4) is 0 Å². The number of hydrogen-bond acceptors (Lipinski definition) is 4. The molecule has 0 unspecified atom stereocenters. The number of aryl methyl sites for hydroxylation is 1. The fourth-order valence-electron chi connectivity index (χ4n) is 3.52. The number of hydrogen-bond donors (Lipinski definition) is 3. The lowest BCUT2D eigenvalue weighted by Gasteiger charge is -2.10. The van der Waals surface area contributed by atoms with E-state index in [4.69, 9.17) is 23.2 Å². The van der Waals surface area contributed by atoms with Gasteiger partial charge in [0.1, 0.15) is 5.82 Å². The number of halogens is 2. The number of anilines is 2. The molecule has 1 amide bonds. The minimum absolute atomic E-state index is 0.233. The van der Waals surface area contributed by atoms with E-state index in [2.05, 4.69) is 25.7 Å². The van der Waals surface area contributed by atoms with Gasteiger partial charge in [0.2, 0.25) is 0 Å². The SMILES string of the molecule is Cc1cc(NCc2ccc(Cl)c(Cl)c2)nn2c(NC(=O)c3ccc4[nH]ccc4c3)cnc12. The van der Waals surface area contributed by atoms with Crippen molar-refractivity contribution in [3.63, 3.8) is 0 Å². The van der Waals surface area contributed by atoms with Gasteiger partial charge < -0.3 is 15.6 Å². The van der Waals surface area contributed by atoms with Gasteiger partial charge in [0.15, 0.2) is 11.5 Å². The highest BCUT2D eigenvalue weighted by Gasteiger charge is 2.14. The zero-order valence-electron chi connectivity index (χ0n) is 17.0. The quantitative estimate of drug-likeness (QED) is 0.311. The summed E-state index contributed by atoms with van der Waals surface area (Å²) in [7, 11) is 0. The summed E-state index contributed by atoms with van der Waals surface area (Å²) in [6.45, 7) is 2.46. The molecule has 0 aliphatic heterocycles. The normalized spacial score (nSPS) is 11.2. The first-order valence-corrected chi connectivity index (χ1v) is 10.7. The van der Waals surface area contributed by atoms with Gasteiger partial charge in [0.05, 0.1) is 16.2 Å². The average Bonchev–Trinajstić information content (AvgIpc) is 3.41. The van der Waals surface area contributed by atoms with E-state index in [1.807, 2.05) is 49.5 Å². The Hall–Kier alpha value is -3.55. The van der Waals surface area contributed by atoms with Crippen molar-refractivity contribution in [1.29, 1.82) is 0 Å². The van der Waals surface area contributed by atoms with Crippen LogP contribution in [0.15, 0.2) is 60.9 Å². The van der Waals surface area contributed by atoms with Crippen LogP contribution in [0.5, 0.6) is 0 Å². The third-order valence-electron chi connectivity index (χ3n) is 5.17. The van der Waals surface area contributed by atoms with Gasteiger partial charge >= 0.3 is 0 Å². The van der Waals surface area contributed by atoms with Crippen molar-refractivity contribution >= 4 is 57.3 Å². The molecule has 0 radical (unpaired) electrons. The average molecular weight is 465 g/mol. The molecule has 2 aromatic carbocycles. The number of benzene rings is 2. The highest BCUT2D eigenvalue weighted by atomic mass is 35.5. The zero-order valence-corrected chi connectivity index (χ0v) is 18.5. The molecule has 32 heavy (non-hydrogen) atoms. The Morgan fingerprint density at radius 3 is 2.81 bits per heavy atom. The Morgan fingerprint density at radius 2 is 1.97 bits per heavy atom. The third-order valence-corrected chi connectivity index (χ3v) is 5.91. The van der Waals surface area contributed by atoms with Crippen LogP contribution in [0.25, 0.3) is 16.6 Å². The number of nitrogens with zero attached hydrogens (tertiary/aromatic N) is 3. The molecule has 5 aromatic rings. The molecule has 160 valence electrons. The zero-order chi connectivity index (χ0) is 22.2. The molecule has 0 aliphatic carbocycles. The highest BCUT2D eigenvalue weighted by molar-refractivity contribution is 6.42. The summed E-state index contributed by atoms with van der Waals surface area (Å²) in [4.78, 5) is 20.4. The Bertz CT molecular complexity index is 1470. The number of nitrogens with one attached hydrogen (secondary N) is 3. The molecule has 3 aromatic heterocycles. The molecule has 0 saturated heterocycles. The summed E-state index contributed by atoms with van der Waals surface area (Å²) in [5.41, 5.74) is 4.09. The minimum atomic E-state index is -0.233. The number of carbonyl (C=O) groups excluding carboxylic acids is 1. The largest absolute Gasteiger partial charge is 0.365 e. The van der Waals surface area contributed by atoms with Crippen LogP contribution >= 0.6 is 23.2 Å². The Morgan fingerprint density at radius 1 is 1.09 bits per heavy atom. The summed E-state index contributed by atoms with van der Waals surface area (Å²) < 4.78 is 1.62. The number of H-pyrrole nitrogens is 1. The maximum absolute atomic E-state index is 12.8. The van der Waals surface area contributed by atoms with Crippen LogP contribution in [0, 0.1) is 6.92 Å². The minimum Gasteiger partial charge on any atom is -0.365 e. The predicted octanol–water partition coefficient (Wildman–Crippen LogP) is 5.69. The molecular weight excluding hydrogens is 447 g/mol. The lowest BCUT2D eigenvalue weighted by Crippen LogP contribution is -2.14. The van der Waals surface area contributed by atoms with E-state index >= 15 is 0 Å². The van der Waals surface area contributed by atoms with Gasteiger partial charge in [-0.3, -0.25) is 4.79 Å². The van der Waals surface area contributed by atoms with E-state index in [1.54, 1.807) is 22.8 Å². The summed E-state index contributed by atoms with van der Waals surface area (Å²) in [5.74, 6) is 0.896. The van der Waals surface area contributed by atoms with Crippen LogP contribution in [0.4, 0.5) is 11.6 Å². The van der Waals surface area contributed by atoms with Gasteiger partial charge in [-0.2, -0.15) is 4.52 Å². The standard InChI is InChI=1S/C23H18Cl2N6O/c1-13-8-20(27-11-14-2-4-17(24)18(25)9-14)30-31-21(12-28-22(13)31)29-23(32)16-3-5-19-15(10-16)6-7-26-19/h2-10,12,26H,11H2,1H3,(H,27,30)(H,29,32). The molecule has 9 heteroatoms. The molecule has 0 aliphatic rings. The maximum Gasteiger partial charge on any atom is 0.256 e. The van der Waals surface area contributed by atoms with Crippen LogP contribution in [0.2, 0.25) is 10.0 Å². The number of aromatic nitrogens is 4. The molecule has 5 rings (SSSR count). The number of fused-ring (bicyclic) bond motifs is 2. The number of rotatable bonds is 5. The molecule has 3 N–H and O–H groups in total. The highest BCUT2D eigenvalue weighted by Crippen LogP contribution is 2.24. The number of amides is 1. The van der Waals surface area contributed by atoms with Crippen molar-refractivity contribution in [3.8, 4) is 0 Å². The summed E-state index contributed by atoms with van der Waals surface area (Å²) in [6, 6.07) is 14.8. The number of imidazole rings is 1. The van der Waals surface area contributed by atoms with Crippen LogP contribution in [0.1, 0.15) is 21.5 Å². The molecular formula is C23H18Cl2N6O. The first-order chi connectivity index (χ1) is 15.5. The second-order valence-electron chi connectivity index (χ2n) is 7.43. The van der Waals surface area contributed by atoms with Crippen LogP contribution < -0.4 is 10.6 Å². The van der Waals surface area contributed by atoms with Crippen molar-refractivity contribution in [2.45, 2.75) is 13.5 Å². The first kappa shape index (κ1) is 20.4. The van der Waals surface area contributed by atoms with Gasteiger partial charge in [-0.25, -0.2) is 4.98 Å². The fraction of sp³-hybridized carbons (Fsp3) is 0.0870. The van der Waals surface area contributed by atoms with E-state index < -0.39 is 0 Å². The Balaban J connectivity index is 1.39. The van der Waals surface area contributed by atoms with E-state index in [-0.39, 0.29) is 5.91 Å². The van der Waals surface area contributed by atoms with Gasteiger partial charge in [-0.05, 0) is 60.5 Å². The van der Waals surface area contributed by atoms with Crippen molar-refractivity contribution < 1.29 is 4.79 Å². The van der Waals surface area contributed by atoms with Gasteiger partial charge in [0.25, 0.3) is 5.91 Å². The third kappa shape index (κ3) is 3.88. The first-order valence-electron chi connectivity index (χ1n) is 9.89. The molecule has 0 fully saturated rings. The Labute approximate surface area is 193 Å². The summed E-state index contributed by atoms with van der Waals surface area (Å²) >= 11 is 12.1. The van der Waals surface area contributed by atoms with Gasteiger partial charge in [-0.1, -0.05) is 29.3 Å². The lowest BCUT2D eigenvalue weighted by atomic mass is 10.1. The van der Waals surface area contributed by atoms with E-state index in [0.29, 0.717) is 39.4 Å². The van der Waals surface area contributed by atoms with Crippen molar-refractivity contribution in [2.24, 2.45) is 0 Å². The lowest BCUT2D eigenvalue weighted by molar-refractivity contribution is 0.102. The molecule has 3 heterocycles. The van der Waals surface area contributed by atoms with Gasteiger partial charge in [0, 0.05) is 29.2 Å². The molecule has 0 spiro atoms. The van der Waals surface area contributed by atoms with Gasteiger partial charge in [-0.15, -0.1) is 5.10 Å². The van der Waals surface area contributed by atoms with Crippen molar-refractivity contribution in [1.82, 2.24) is 19.6 Å². The van der Waals surface area contributed by atoms with E-state index in [1.165, 1.54) is 0 Å². The second-order valence-corrected chi connectivity index (χ2v) is 8.24. The number of aromatic amines is 1. The summed E-state index contributed by atoms with van der Waals surface area (Å²) in [6.07, 6.45) is 3.45. The topological polar surface area (TPSA) is 87.1 Å². The number of carbonyl (C=O) groups is 1.